The van der Waals surface area contributed by atoms with E-state index in [9.17, 15) is 13.2 Å². The number of H-pyrrole nitrogens is 1. The smallest absolute Gasteiger partial charge is 0.247 e. The van der Waals surface area contributed by atoms with Gasteiger partial charge in [-0.3, -0.25) is 9.48 Å². The molecule has 9 heteroatoms. The van der Waals surface area contributed by atoms with Gasteiger partial charge in [-0.05, 0) is 30.3 Å². The second kappa shape index (κ2) is 6.61. The maximum atomic E-state index is 11.6. The summed E-state index contributed by atoms with van der Waals surface area (Å²) in [6, 6.07) is 11.0. The van der Waals surface area contributed by atoms with Crippen LogP contribution in [0.15, 0.2) is 64.5 Å². The molecule has 0 radical (unpaired) electrons. The summed E-state index contributed by atoms with van der Waals surface area (Å²) >= 11 is 0. The van der Waals surface area contributed by atoms with Crippen molar-refractivity contribution in [3.63, 3.8) is 0 Å². The molecular weight excluding hydrogens is 380 g/mol. The molecule has 0 atom stereocenters. The standard InChI is InChI=1S/C19H16N4O4S/c1-23-19-15(11-21-23)17(9-16(22-19)12-3-8-18(24)20-10-12)27-13-4-6-14(7-5-13)28(2,25)26/h3-11H,1-2H3,(H,20,24). The number of aromatic amines is 1. The molecule has 142 valence electrons. The van der Waals surface area contributed by atoms with Gasteiger partial charge in [-0.2, -0.15) is 5.10 Å². The molecule has 0 aliphatic rings. The summed E-state index contributed by atoms with van der Waals surface area (Å²) in [4.78, 5) is 18.8. The van der Waals surface area contributed by atoms with E-state index in [0.717, 1.165) is 11.8 Å². The highest BCUT2D eigenvalue weighted by Crippen LogP contribution is 2.33. The van der Waals surface area contributed by atoms with E-state index in [4.69, 9.17) is 4.74 Å². The van der Waals surface area contributed by atoms with Crippen LogP contribution in [0.5, 0.6) is 11.5 Å². The number of ether oxygens (including phenoxy) is 1. The number of aryl methyl sites for hydroxylation is 1. The fourth-order valence-corrected chi connectivity index (χ4v) is 3.40. The SMILES string of the molecule is Cn1ncc2c(Oc3ccc(S(C)(=O)=O)cc3)cc(-c3ccc(=O)[nH]c3)nc21. The molecule has 0 fully saturated rings. The van der Waals surface area contributed by atoms with E-state index in [1.807, 2.05) is 0 Å². The Balaban J connectivity index is 1.79. The zero-order valence-electron chi connectivity index (χ0n) is 15.1. The molecule has 0 bridgehead atoms. The number of fused-ring (bicyclic) bond motifs is 1. The summed E-state index contributed by atoms with van der Waals surface area (Å²) in [5, 5.41) is 4.94. The van der Waals surface area contributed by atoms with Gasteiger partial charge >= 0.3 is 0 Å². The van der Waals surface area contributed by atoms with Gasteiger partial charge in [0.15, 0.2) is 15.5 Å². The molecule has 0 saturated carbocycles. The number of nitrogens with one attached hydrogen (secondary N) is 1. The van der Waals surface area contributed by atoms with Crippen molar-refractivity contribution >= 4 is 20.9 Å². The van der Waals surface area contributed by atoms with Crippen LogP contribution in [0, 0.1) is 0 Å². The lowest BCUT2D eigenvalue weighted by molar-refractivity contribution is 0.487. The highest BCUT2D eigenvalue weighted by atomic mass is 32.2. The molecular formula is C19H16N4O4S. The molecule has 0 unspecified atom stereocenters. The number of hydrogen-bond acceptors (Lipinski definition) is 6. The normalized spacial score (nSPS) is 11.6. The topological polar surface area (TPSA) is 107 Å². The monoisotopic (exact) mass is 396 g/mol. The quantitative estimate of drug-likeness (QED) is 0.568. The van der Waals surface area contributed by atoms with Crippen LogP contribution in [0.1, 0.15) is 0 Å². The van der Waals surface area contributed by atoms with Crippen LogP contribution in [0.25, 0.3) is 22.3 Å². The van der Waals surface area contributed by atoms with Gasteiger partial charge in [0.1, 0.15) is 11.5 Å². The van der Waals surface area contributed by atoms with Gasteiger partial charge in [-0.15, -0.1) is 0 Å². The predicted octanol–water partition coefficient (Wildman–Crippen LogP) is 2.52. The van der Waals surface area contributed by atoms with Crippen LogP contribution in [-0.2, 0) is 16.9 Å². The molecule has 3 heterocycles. The molecule has 0 aliphatic heterocycles. The second-order valence-corrected chi connectivity index (χ2v) is 8.31. The van der Waals surface area contributed by atoms with E-state index in [1.165, 1.54) is 18.2 Å². The van der Waals surface area contributed by atoms with Crippen LogP contribution < -0.4 is 10.3 Å². The maximum Gasteiger partial charge on any atom is 0.247 e. The van der Waals surface area contributed by atoms with Crippen molar-refractivity contribution in [2.24, 2.45) is 7.05 Å². The minimum Gasteiger partial charge on any atom is -0.456 e. The van der Waals surface area contributed by atoms with Crippen molar-refractivity contribution < 1.29 is 13.2 Å². The fourth-order valence-electron chi connectivity index (χ4n) is 2.77. The molecule has 0 spiro atoms. The average Bonchev–Trinajstić information content (AvgIpc) is 3.03. The number of benzene rings is 1. The van der Waals surface area contributed by atoms with E-state index < -0.39 is 9.84 Å². The molecule has 1 aromatic carbocycles. The van der Waals surface area contributed by atoms with E-state index in [2.05, 4.69) is 15.1 Å². The molecule has 8 nitrogen and oxygen atoms in total. The number of hydrogen-bond donors (Lipinski definition) is 1. The average molecular weight is 396 g/mol. The summed E-state index contributed by atoms with van der Waals surface area (Å²) in [5.74, 6) is 1.00. The molecule has 0 amide bonds. The fraction of sp³-hybridized carbons (Fsp3) is 0.105. The third kappa shape index (κ3) is 3.39. The van der Waals surface area contributed by atoms with Crippen LogP contribution >= 0.6 is 0 Å². The molecule has 0 aliphatic carbocycles. The Bertz CT molecular complexity index is 1320. The number of nitrogens with zero attached hydrogens (tertiary/aromatic N) is 3. The van der Waals surface area contributed by atoms with E-state index in [0.29, 0.717) is 28.2 Å². The van der Waals surface area contributed by atoms with Crippen molar-refractivity contribution in [3.8, 4) is 22.8 Å². The van der Waals surface area contributed by atoms with Crippen molar-refractivity contribution in [3.05, 3.63) is 65.2 Å². The van der Waals surface area contributed by atoms with Crippen molar-refractivity contribution in [2.75, 3.05) is 6.26 Å². The third-order valence-corrected chi connectivity index (χ3v) is 5.36. The van der Waals surface area contributed by atoms with Crippen molar-refractivity contribution in [1.29, 1.82) is 0 Å². The van der Waals surface area contributed by atoms with Gasteiger partial charge in [-0.1, -0.05) is 0 Å². The Morgan fingerprint density at radius 2 is 1.86 bits per heavy atom. The van der Waals surface area contributed by atoms with Crippen LogP contribution in [-0.4, -0.2) is 34.4 Å². The number of pyridine rings is 2. The van der Waals surface area contributed by atoms with E-state index in [1.54, 1.807) is 48.4 Å². The van der Waals surface area contributed by atoms with Crippen molar-refractivity contribution in [2.45, 2.75) is 4.90 Å². The van der Waals surface area contributed by atoms with Gasteiger partial charge in [0.2, 0.25) is 5.56 Å². The zero-order chi connectivity index (χ0) is 19.9. The molecule has 1 N–H and O–H groups in total. The number of sulfone groups is 1. The van der Waals surface area contributed by atoms with Gasteiger partial charge in [0.25, 0.3) is 0 Å². The van der Waals surface area contributed by atoms with Gasteiger partial charge < -0.3 is 9.72 Å². The molecule has 3 aromatic heterocycles. The van der Waals surface area contributed by atoms with Gasteiger partial charge in [0.05, 0.1) is 22.2 Å². The van der Waals surface area contributed by atoms with Gasteiger partial charge in [-0.25, -0.2) is 13.4 Å². The van der Waals surface area contributed by atoms with Crippen LogP contribution in [0.2, 0.25) is 0 Å². The summed E-state index contributed by atoms with van der Waals surface area (Å²) in [6.45, 7) is 0. The summed E-state index contributed by atoms with van der Waals surface area (Å²) < 4.78 is 30.9. The Morgan fingerprint density at radius 3 is 2.50 bits per heavy atom. The number of aromatic nitrogens is 4. The lowest BCUT2D eigenvalue weighted by atomic mass is 10.1. The first kappa shape index (κ1) is 17.9. The van der Waals surface area contributed by atoms with E-state index >= 15 is 0 Å². The number of rotatable bonds is 4. The Labute approximate surface area is 160 Å². The lowest BCUT2D eigenvalue weighted by Gasteiger charge is -2.10. The molecule has 4 aromatic rings. The summed E-state index contributed by atoms with van der Waals surface area (Å²) in [7, 11) is -1.50. The molecule has 4 rings (SSSR count). The first-order chi connectivity index (χ1) is 13.3. The van der Waals surface area contributed by atoms with Crippen LogP contribution in [0.3, 0.4) is 0 Å². The largest absolute Gasteiger partial charge is 0.456 e. The van der Waals surface area contributed by atoms with Crippen molar-refractivity contribution in [1.82, 2.24) is 19.7 Å². The highest BCUT2D eigenvalue weighted by Gasteiger charge is 2.14. The second-order valence-electron chi connectivity index (χ2n) is 6.30. The maximum absolute atomic E-state index is 11.6. The highest BCUT2D eigenvalue weighted by molar-refractivity contribution is 7.90. The third-order valence-electron chi connectivity index (χ3n) is 4.23. The summed E-state index contributed by atoms with van der Waals surface area (Å²) in [6.07, 6.45) is 4.39. The van der Waals surface area contributed by atoms with Gasteiger partial charge in [0, 0.05) is 37.2 Å². The molecule has 0 saturated heterocycles. The molecule has 28 heavy (non-hydrogen) atoms. The zero-order valence-corrected chi connectivity index (χ0v) is 15.9. The minimum absolute atomic E-state index is 0.201. The Hall–Kier alpha value is -3.46. The lowest BCUT2D eigenvalue weighted by Crippen LogP contribution is -2.02. The van der Waals surface area contributed by atoms with E-state index in [-0.39, 0.29) is 10.5 Å². The predicted molar refractivity (Wildman–Crippen MR) is 104 cm³/mol. The summed E-state index contributed by atoms with van der Waals surface area (Å²) in [5.41, 5.74) is 1.74. The Kier molecular flexibility index (Phi) is 4.23. The minimum atomic E-state index is -3.28. The first-order valence-corrected chi connectivity index (χ1v) is 10.2. The van der Waals surface area contributed by atoms with Crippen LogP contribution in [0.4, 0.5) is 0 Å². The Morgan fingerprint density at radius 1 is 1.11 bits per heavy atom. The first-order valence-electron chi connectivity index (χ1n) is 8.31.